The molecule has 0 aromatic carbocycles. The fraction of sp³-hybridized carbons (Fsp3) is 0.154. The number of amides is 1. The van der Waals surface area contributed by atoms with Crippen molar-refractivity contribution < 1.29 is 4.79 Å². The van der Waals surface area contributed by atoms with Gasteiger partial charge in [-0.15, -0.1) is 34.0 Å². The van der Waals surface area contributed by atoms with Crippen LogP contribution in [0.4, 0.5) is 5.13 Å². The SMILES string of the molecule is Cc1nc(CC(=O)Nc2nc(-c3ccc(Cl)s3)cs2)cs1. The molecule has 21 heavy (non-hydrogen) atoms. The molecule has 0 aliphatic heterocycles. The summed E-state index contributed by atoms with van der Waals surface area (Å²) in [5.74, 6) is -0.106. The molecular weight excluding hydrogens is 346 g/mol. The normalized spacial score (nSPS) is 10.8. The highest BCUT2D eigenvalue weighted by atomic mass is 35.5. The molecule has 4 nitrogen and oxygen atoms in total. The van der Waals surface area contributed by atoms with Crippen LogP contribution in [0.25, 0.3) is 10.6 Å². The Morgan fingerprint density at radius 3 is 2.81 bits per heavy atom. The molecule has 1 amide bonds. The smallest absolute Gasteiger partial charge is 0.232 e. The van der Waals surface area contributed by atoms with E-state index in [1.807, 2.05) is 29.8 Å². The number of carbonyl (C=O) groups excluding carboxylic acids is 1. The number of rotatable bonds is 4. The van der Waals surface area contributed by atoms with Crippen molar-refractivity contribution in [3.05, 3.63) is 37.9 Å². The molecule has 3 aromatic rings. The Morgan fingerprint density at radius 1 is 1.29 bits per heavy atom. The molecule has 3 rings (SSSR count). The summed E-state index contributed by atoms with van der Waals surface area (Å²) < 4.78 is 0.725. The molecule has 0 spiro atoms. The number of nitrogens with zero attached hydrogens (tertiary/aromatic N) is 2. The van der Waals surface area contributed by atoms with Crippen LogP contribution in [0, 0.1) is 6.92 Å². The average Bonchev–Trinajstić information content (AvgIpc) is 3.12. The third kappa shape index (κ3) is 3.68. The van der Waals surface area contributed by atoms with Gasteiger partial charge in [-0.3, -0.25) is 4.79 Å². The summed E-state index contributed by atoms with van der Waals surface area (Å²) in [6.07, 6.45) is 0.268. The molecule has 0 saturated heterocycles. The lowest BCUT2D eigenvalue weighted by Gasteiger charge is -1.98. The highest BCUT2D eigenvalue weighted by molar-refractivity contribution is 7.20. The van der Waals surface area contributed by atoms with Gasteiger partial charge < -0.3 is 5.32 Å². The predicted octanol–water partition coefficient (Wildman–Crippen LogP) is 4.47. The van der Waals surface area contributed by atoms with Crippen molar-refractivity contribution in [2.75, 3.05) is 5.32 Å². The number of thiophene rings is 1. The molecule has 3 aromatic heterocycles. The van der Waals surface area contributed by atoms with Gasteiger partial charge in [0.25, 0.3) is 0 Å². The first-order chi connectivity index (χ1) is 10.1. The standard InChI is InChI=1S/C13H10ClN3OS3/c1-7-15-8(5-19-7)4-12(18)17-13-16-9(6-20-13)10-2-3-11(14)21-10/h2-3,5-6H,4H2,1H3,(H,16,17,18). The lowest BCUT2D eigenvalue weighted by Crippen LogP contribution is -2.14. The van der Waals surface area contributed by atoms with Crippen molar-refractivity contribution in [2.24, 2.45) is 0 Å². The van der Waals surface area contributed by atoms with E-state index in [4.69, 9.17) is 11.6 Å². The minimum atomic E-state index is -0.106. The van der Waals surface area contributed by atoms with Gasteiger partial charge in [-0.05, 0) is 19.1 Å². The molecule has 0 unspecified atom stereocenters. The largest absolute Gasteiger partial charge is 0.302 e. The first-order valence-corrected chi connectivity index (χ1v) is 8.97. The van der Waals surface area contributed by atoms with E-state index in [1.54, 1.807) is 11.3 Å². The van der Waals surface area contributed by atoms with Crippen LogP contribution >= 0.6 is 45.6 Å². The van der Waals surface area contributed by atoms with Crippen molar-refractivity contribution in [3.8, 4) is 10.6 Å². The van der Waals surface area contributed by atoms with E-state index >= 15 is 0 Å². The van der Waals surface area contributed by atoms with Crippen molar-refractivity contribution in [3.63, 3.8) is 0 Å². The first kappa shape index (κ1) is 14.6. The lowest BCUT2D eigenvalue weighted by atomic mass is 10.3. The van der Waals surface area contributed by atoms with E-state index in [2.05, 4.69) is 15.3 Å². The molecule has 108 valence electrons. The molecule has 0 bridgehead atoms. The summed E-state index contributed by atoms with van der Waals surface area (Å²) in [6, 6.07) is 3.76. The van der Waals surface area contributed by atoms with Gasteiger partial charge in [-0.2, -0.15) is 0 Å². The number of carbonyl (C=O) groups is 1. The maximum Gasteiger partial charge on any atom is 0.232 e. The fourth-order valence-electron chi connectivity index (χ4n) is 1.71. The topological polar surface area (TPSA) is 54.9 Å². The first-order valence-electron chi connectivity index (χ1n) is 6.02. The van der Waals surface area contributed by atoms with E-state index in [0.717, 1.165) is 25.6 Å². The number of aromatic nitrogens is 2. The predicted molar refractivity (Wildman–Crippen MR) is 89.6 cm³/mol. The minimum absolute atomic E-state index is 0.106. The maximum absolute atomic E-state index is 11.9. The second kappa shape index (κ2) is 6.23. The van der Waals surface area contributed by atoms with Crippen LogP contribution < -0.4 is 5.32 Å². The maximum atomic E-state index is 11.9. The van der Waals surface area contributed by atoms with Gasteiger partial charge in [0.05, 0.1) is 32.0 Å². The quantitative estimate of drug-likeness (QED) is 0.751. The van der Waals surface area contributed by atoms with Crippen LogP contribution in [0.2, 0.25) is 4.34 Å². The Bertz CT molecular complexity index is 777. The number of hydrogen-bond acceptors (Lipinski definition) is 6. The summed E-state index contributed by atoms with van der Waals surface area (Å²) in [5, 5.41) is 8.16. The Labute approximate surface area is 138 Å². The highest BCUT2D eigenvalue weighted by Crippen LogP contribution is 2.32. The van der Waals surface area contributed by atoms with E-state index in [1.165, 1.54) is 22.7 Å². The Morgan fingerprint density at radius 2 is 2.14 bits per heavy atom. The van der Waals surface area contributed by atoms with Crippen LogP contribution in [-0.4, -0.2) is 15.9 Å². The van der Waals surface area contributed by atoms with Crippen molar-refractivity contribution >= 4 is 56.7 Å². The lowest BCUT2D eigenvalue weighted by molar-refractivity contribution is -0.115. The highest BCUT2D eigenvalue weighted by Gasteiger charge is 2.11. The summed E-state index contributed by atoms with van der Waals surface area (Å²) in [6.45, 7) is 1.92. The number of anilines is 1. The summed E-state index contributed by atoms with van der Waals surface area (Å²) in [4.78, 5) is 21.6. The second-order valence-corrected chi connectivity index (χ2v) is 7.86. The zero-order valence-electron chi connectivity index (χ0n) is 10.9. The second-order valence-electron chi connectivity index (χ2n) is 4.22. The zero-order valence-corrected chi connectivity index (χ0v) is 14.1. The van der Waals surface area contributed by atoms with E-state index in [-0.39, 0.29) is 12.3 Å². The average molecular weight is 356 g/mol. The number of hydrogen-bond donors (Lipinski definition) is 1. The fourth-order valence-corrected chi connectivity index (χ4v) is 4.13. The van der Waals surface area contributed by atoms with Crippen LogP contribution in [-0.2, 0) is 11.2 Å². The van der Waals surface area contributed by atoms with Gasteiger partial charge in [0.2, 0.25) is 5.91 Å². The van der Waals surface area contributed by atoms with E-state index < -0.39 is 0 Å². The molecule has 0 aliphatic rings. The molecule has 0 atom stereocenters. The Kier molecular flexibility index (Phi) is 4.34. The van der Waals surface area contributed by atoms with Gasteiger partial charge in [-0.25, -0.2) is 9.97 Å². The van der Waals surface area contributed by atoms with Gasteiger partial charge >= 0.3 is 0 Å². The molecule has 1 N–H and O–H groups in total. The summed E-state index contributed by atoms with van der Waals surface area (Å²) in [7, 11) is 0. The van der Waals surface area contributed by atoms with E-state index in [0.29, 0.717) is 5.13 Å². The monoisotopic (exact) mass is 355 g/mol. The van der Waals surface area contributed by atoms with Gasteiger partial charge in [0.1, 0.15) is 0 Å². The molecular formula is C13H10ClN3OS3. The van der Waals surface area contributed by atoms with E-state index in [9.17, 15) is 4.79 Å². The minimum Gasteiger partial charge on any atom is -0.302 e. The molecule has 0 radical (unpaired) electrons. The van der Waals surface area contributed by atoms with Gasteiger partial charge in [-0.1, -0.05) is 11.6 Å². The zero-order chi connectivity index (χ0) is 14.8. The Hall–Kier alpha value is -1.28. The number of halogens is 1. The van der Waals surface area contributed by atoms with Gasteiger partial charge in [0, 0.05) is 10.8 Å². The number of aryl methyl sites for hydroxylation is 1. The molecule has 0 saturated carbocycles. The molecule has 0 aliphatic carbocycles. The number of thiazole rings is 2. The Balaban J connectivity index is 1.65. The molecule has 3 heterocycles. The third-order valence-corrected chi connectivity index (χ3v) is 5.42. The van der Waals surface area contributed by atoms with Crippen molar-refractivity contribution in [1.29, 1.82) is 0 Å². The van der Waals surface area contributed by atoms with Gasteiger partial charge in [0.15, 0.2) is 5.13 Å². The van der Waals surface area contributed by atoms with Crippen LogP contribution in [0.1, 0.15) is 10.7 Å². The van der Waals surface area contributed by atoms with Crippen LogP contribution in [0.5, 0.6) is 0 Å². The third-order valence-electron chi connectivity index (χ3n) is 2.58. The van der Waals surface area contributed by atoms with Crippen LogP contribution in [0.3, 0.4) is 0 Å². The molecule has 0 fully saturated rings. The summed E-state index contributed by atoms with van der Waals surface area (Å²) in [5.41, 5.74) is 1.62. The van der Waals surface area contributed by atoms with Crippen molar-refractivity contribution in [1.82, 2.24) is 9.97 Å². The molecule has 8 heteroatoms. The van der Waals surface area contributed by atoms with Crippen LogP contribution in [0.15, 0.2) is 22.9 Å². The summed E-state index contributed by atoms with van der Waals surface area (Å²) >= 11 is 10.3. The van der Waals surface area contributed by atoms with Crippen molar-refractivity contribution in [2.45, 2.75) is 13.3 Å². The number of nitrogens with one attached hydrogen (secondary N) is 1.